The van der Waals surface area contributed by atoms with Crippen LogP contribution in [0.25, 0.3) is 11.3 Å². The molecule has 0 spiro atoms. The van der Waals surface area contributed by atoms with E-state index >= 15 is 0 Å². The van der Waals surface area contributed by atoms with Crippen LogP contribution in [0.2, 0.25) is 0 Å². The molecule has 0 saturated heterocycles. The molecule has 4 rings (SSSR count). The fourth-order valence-electron chi connectivity index (χ4n) is 2.16. The minimum atomic E-state index is -0.971. The van der Waals surface area contributed by atoms with Gasteiger partial charge in [0.1, 0.15) is 5.82 Å². The average Bonchev–Trinajstić information content (AvgIpc) is 2.91. The van der Waals surface area contributed by atoms with E-state index in [-0.39, 0.29) is 11.4 Å². The van der Waals surface area contributed by atoms with Gasteiger partial charge < -0.3 is 9.63 Å². The van der Waals surface area contributed by atoms with Gasteiger partial charge in [-0.3, -0.25) is 0 Å². The van der Waals surface area contributed by atoms with Crippen LogP contribution in [0, 0.1) is 23.2 Å². The van der Waals surface area contributed by atoms with Crippen molar-refractivity contribution in [2.75, 3.05) is 0 Å². The van der Waals surface area contributed by atoms with Gasteiger partial charge in [0, 0.05) is 16.3 Å². The van der Waals surface area contributed by atoms with Crippen molar-refractivity contribution in [3.63, 3.8) is 0 Å². The molecule has 0 aliphatic heterocycles. The Morgan fingerprint density at radius 3 is 2.41 bits per heavy atom. The third-order valence-corrected chi connectivity index (χ3v) is 3.43. The summed E-state index contributed by atoms with van der Waals surface area (Å²) in [6, 6.07) is 11.9. The molecule has 1 aromatic carbocycles. The Hall–Kier alpha value is -2.95. The molecule has 0 amide bonds. The molecule has 0 bridgehead atoms. The summed E-state index contributed by atoms with van der Waals surface area (Å²) in [6.45, 7) is 1.82. The van der Waals surface area contributed by atoms with Crippen LogP contribution in [-0.4, -0.2) is 16.2 Å². The monoisotopic (exact) mass is 297 g/mol. The van der Waals surface area contributed by atoms with E-state index in [4.69, 9.17) is 9.63 Å². The first kappa shape index (κ1) is 14.0. The Morgan fingerprint density at radius 2 is 2.00 bits per heavy atom. The number of hydrogen-bond donors (Lipinski definition) is 1. The first-order valence-corrected chi connectivity index (χ1v) is 6.62. The highest BCUT2D eigenvalue weighted by atomic mass is 19.1. The Kier molecular flexibility index (Phi) is 3.47. The summed E-state index contributed by atoms with van der Waals surface area (Å²) in [4.78, 5) is 11.0. The largest absolute Gasteiger partial charge is 0.478 e. The van der Waals surface area contributed by atoms with Gasteiger partial charge in [0.15, 0.2) is 5.76 Å². The van der Waals surface area contributed by atoms with Gasteiger partial charge in [-0.05, 0) is 24.3 Å². The number of carboxylic acid groups (broad SMARTS) is 1. The number of hydrogen-bond acceptors (Lipinski definition) is 3. The number of halogens is 1. The topological polar surface area (TPSA) is 63.3 Å². The lowest BCUT2D eigenvalue weighted by molar-refractivity contribution is 0.0697. The minimum Gasteiger partial charge on any atom is -0.478 e. The van der Waals surface area contributed by atoms with Gasteiger partial charge in [-0.2, -0.15) is 0 Å². The standard InChI is InChI=1S/C11H9NO3.C6H3F/c1-7-6-12-15-10(7)8-4-2-3-5-9(8)11(13)14;7-6-3-4-1-2-5(4)6/h2-6H,1H3,(H,13,14);1-3H. The maximum atomic E-state index is 12.0. The van der Waals surface area contributed by atoms with Gasteiger partial charge >= 0.3 is 5.97 Å². The van der Waals surface area contributed by atoms with Gasteiger partial charge in [0.05, 0.1) is 11.8 Å². The van der Waals surface area contributed by atoms with Crippen molar-refractivity contribution in [3.8, 4) is 11.3 Å². The van der Waals surface area contributed by atoms with Crippen LogP contribution in [0.5, 0.6) is 0 Å². The van der Waals surface area contributed by atoms with E-state index in [1.54, 1.807) is 36.5 Å². The van der Waals surface area contributed by atoms with Crippen molar-refractivity contribution < 1.29 is 18.8 Å². The summed E-state index contributed by atoms with van der Waals surface area (Å²) >= 11 is 0. The lowest BCUT2D eigenvalue weighted by Crippen LogP contribution is -1.98. The van der Waals surface area contributed by atoms with E-state index in [0.29, 0.717) is 11.3 Å². The zero-order valence-electron chi connectivity index (χ0n) is 11.7. The zero-order valence-corrected chi connectivity index (χ0v) is 11.7. The third-order valence-electron chi connectivity index (χ3n) is 3.43. The van der Waals surface area contributed by atoms with Crippen molar-refractivity contribution in [1.29, 1.82) is 0 Å². The number of carboxylic acids is 1. The molecule has 0 fully saturated rings. The number of aryl methyl sites for hydroxylation is 1. The number of aromatic carboxylic acids is 1. The number of aromatic nitrogens is 1. The Morgan fingerprint density at radius 1 is 1.23 bits per heavy atom. The first-order valence-electron chi connectivity index (χ1n) is 6.62. The van der Waals surface area contributed by atoms with Crippen molar-refractivity contribution in [2.24, 2.45) is 0 Å². The molecule has 0 radical (unpaired) electrons. The molecular formula is C17H12FNO3. The molecule has 1 aromatic heterocycles. The summed E-state index contributed by atoms with van der Waals surface area (Å²) in [5.74, 6) is -0.521. The first-order chi connectivity index (χ1) is 10.6. The molecule has 22 heavy (non-hydrogen) atoms. The number of rotatable bonds is 2. The van der Waals surface area contributed by atoms with Crippen molar-refractivity contribution in [3.05, 3.63) is 76.0 Å². The molecule has 5 heteroatoms. The molecule has 2 aliphatic rings. The van der Waals surface area contributed by atoms with Crippen LogP contribution in [0.4, 0.5) is 4.39 Å². The molecule has 2 aliphatic carbocycles. The fourth-order valence-corrected chi connectivity index (χ4v) is 2.16. The molecular weight excluding hydrogens is 285 g/mol. The van der Waals surface area contributed by atoms with Crippen LogP contribution in [0.1, 0.15) is 15.9 Å². The summed E-state index contributed by atoms with van der Waals surface area (Å²) in [7, 11) is 0. The number of benzene rings is 2. The van der Waals surface area contributed by atoms with Crippen molar-refractivity contribution >= 4 is 5.97 Å². The highest BCUT2D eigenvalue weighted by molar-refractivity contribution is 5.95. The van der Waals surface area contributed by atoms with Crippen LogP contribution >= 0.6 is 0 Å². The maximum Gasteiger partial charge on any atom is 0.336 e. The Bertz CT molecular complexity index is 947. The molecule has 0 unspecified atom stereocenters. The normalized spacial score (nSPS) is 10.6. The lowest BCUT2D eigenvalue weighted by atomic mass is 10.0. The molecule has 4 nitrogen and oxygen atoms in total. The summed E-state index contributed by atoms with van der Waals surface area (Å²) in [5, 5.41) is 14.5. The van der Waals surface area contributed by atoms with Gasteiger partial charge in [0.25, 0.3) is 0 Å². The highest BCUT2D eigenvalue weighted by Gasteiger charge is 2.15. The second-order valence-electron chi connectivity index (χ2n) is 4.88. The molecule has 0 atom stereocenters. The van der Waals surface area contributed by atoms with Gasteiger partial charge in [-0.25, -0.2) is 9.18 Å². The molecule has 0 saturated carbocycles. The van der Waals surface area contributed by atoms with Gasteiger partial charge in [-0.1, -0.05) is 35.5 Å². The SMILES string of the molecule is Cc1cnoc1-c1ccccc1C(=O)O.Fc1cc2ccc1=2. The minimum absolute atomic E-state index is 0.0579. The predicted molar refractivity (Wildman–Crippen MR) is 77.7 cm³/mol. The summed E-state index contributed by atoms with van der Waals surface area (Å²) in [5.41, 5.74) is 1.60. The van der Waals surface area contributed by atoms with Crippen LogP contribution in [-0.2, 0) is 0 Å². The smallest absolute Gasteiger partial charge is 0.336 e. The number of nitrogens with zero attached hydrogens (tertiary/aromatic N) is 1. The highest BCUT2D eigenvalue weighted by Crippen LogP contribution is 2.26. The quantitative estimate of drug-likeness (QED) is 0.611. The van der Waals surface area contributed by atoms with E-state index < -0.39 is 5.97 Å². The fraction of sp³-hybridized carbons (Fsp3) is 0.0588. The van der Waals surface area contributed by atoms with Crippen molar-refractivity contribution in [1.82, 2.24) is 5.16 Å². The molecule has 1 heterocycles. The van der Waals surface area contributed by atoms with E-state index in [2.05, 4.69) is 5.16 Å². The lowest BCUT2D eigenvalue weighted by Gasteiger charge is -2.02. The maximum absolute atomic E-state index is 12.0. The second-order valence-corrected chi connectivity index (χ2v) is 4.88. The molecule has 1 N–H and O–H groups in total. The third kappa shape index (κ3) is 2.37. The Balaban J connectivity index is 0.000000169. The number of carbonyl (C=O) groups is 1. The van der Waals surface area contributed by atoms with Crippen LogP contribution in [0.3, 0.4) is 0 Å². The van der Waals surface area contributed by atoms with Gasteiger partial charge in [-0.15, -0.1) is 0 Å². The van der Waals surface area contributed by atoms with Gasteiger partial charge in [0.2, 0.25) is 0 Å². The summed E-state index contributed by atoms with van der Waals surface area (Å²) < 4.78 is 17.0. The van der Waals surface area contributed by atoms with E-state index in [1.165, 1.54) is 6.07 Å². The van der Waals surface area contributed by atoms with Crippen LogP contribution < -0.4 is 0 Å². The summed E-state index contributed by atoms with van der Waals surface area (Å²) in [6.07, 6.45) is 1.56. The second kappa shape index (κ2) is 5.44. The van der Waals surface area contributed by atoms with E-state index in [0.717, 1.165) is 16.0 Å². The average molecular weight is 297 g/mol. The zero-order chi connectivity index (χ0) is 15.7. The molecule has 2 aromatic rings. The molecule has 110 valence electrons. The van der Waals surface area contributed by atoms with E-state index in [1.807, 2.05) is 13.0 Å². The Labute approximate surface area is 125 Å². The van der Waals surface area contributed by atoms with Crippen molar-refractivity contribution in [2.45, 2.75) is 6.92 Å². The van der Waals surface area contributed by atoms with Crippen LogP contribution in [0.15, 0.2) is 53.2 Å². The van der Waals surface area contributed by atoms with E-state index in [9.17, 15) is 9.18 Å². The predicted octanol–water partition coefficient (Wildman–Crippen LogP) is 3.77.